The zero-order chi connectivity index (χ0) is 19.4. The fourth-order valence-electron chi connectivity index (χ4n) is 2.82. The van der Waals surface area contributed by atoms with Crippen LogP contribution in [0.4, 0.5) is 0 Å². The molecule has 0 aliphatic carbocycles. The molecule has 6 heteroatoms. The Morgan fingerprint density at radius 2 is 1.46 bits per heavy atom. The number of hydrogen-bond donors (Lipinski definition) is 2. The topological polar surface area (TPSA) is 66.4 Å². The van der Waals surface area contributed by atoms with Gasteiger partial charge in [-0.25, -0.2) is 0 Å². The van der Waals surface area contributed by atoms with Crippen LogP contribution in [0.1, 0.15) is 80.1 Å². The first-order chi connectivity index (χ1) is 12.4. The van der Waals surface area contributed by atoms with Crippen molar-refractivity contribution in [3.8, 4) is 0 Å². The minimum Gasteiger partial charge on any atom is -0.481 e. The molecule has 0 fully saturated rings. The third-order valence-electron chi connectivity index (χ3n) is 4.41. The van der Waals surface area contributed by atoms with Crippen LogP contribution in [0.2, 0.25) is 10.0 Å². The van der Waals surface area contributed by atoms with E-state index >= 15 is 0 Å². The molecule has 4 nitrogen and oxygen atoms in total. The predicted octanol–water partition coefficient (Wildman–Crippen LogP) is 6.02. The van der Waals surface area contributed by atoms with E-state index in [2.05, 4.69) is 5.32 Å². The van der Waals surface area contributed by atoms with Gasteiger partial charge in [0.25, 0.3) is 5.91 Å². The van der Waals surface area contributed by atoms with E-state index in [0.717, 1.165) is 44.1 Å². The van der Waals surface area contributed by atoms with E-state index < -0.39 is 5.97 Å². The number of carboxylic acids is 1. The van der Waals surface area contributed by atoms with Crippen LogP contribution in [0.25, 0.3) is 0 Å². The molecule has 0 heterocycles. The van der Waals surface area contributed by atoms with E-state index in [4.69, 9.17) is 28.3 Å². The van der Waals surface area contributed by atoms with E-state index in [1.807, 2.05) is 6.92 Å². The van der Waals surface area contributed by atoms with Gasteiger partial charge in [0.2, 0.25) is 0 Å². The molecule has 1 aromatic rings. The molecule has 1 amide bonds. The highest BCUT2D eigenvalue weighted by molar-refractivity contribution is 6.35. The molecule has 0 unspecified atom stereocenters. The highest BCUT2D eigenvalue weighted by Gasteiger charge is 2.12. The van der Waals surface area contributed by atoms with Gasteiger partial charge in [0.05, 0.1) is 0 Å². The van der Waals surface area contributed by atoms with Crippen LogP contribution in [0, 0.1) is 6.92 Å². The molecule has 0 aliphatic rings. The molecule has 146 valence electrons. The monoisotopic (exact) mass is 401 g/mol. The van der Waals surface area contributed by atoms with Gasteiger partial charge in [-0.15, -0.1) is 0 Å². The quantitative estimate of drug-likeness (QED) is 0.397. The number of aliphatic carboxylic acids is 1. The van der Waals surface area contributed by atoms with Crippen molar-refractivity contribution in [3.05, 3.63) is 33.3 Å². The number of unbranched alkanes of at least 4 members (excludes halogenated alkanes) is 8. The van der Waals surface area contributed by atoms with Gasteiger partial charge >= 0.3 is 5.97 Å². The van der Waals surface area contributed by atoms with Crippen LogP contribution >= 0.6 is 23.2 Å². The Bertz CT molecular complexity index is 591. The third-order valence-corrected chi connectivity index (χ3v) is 5.02. The molecular formula is C20H29Cl2NO3. The van der Waals surface area contributed by atoms with Crippen molar-refractivity contribution in [2.24, 2.45) is 0 Å². The standard InChI is InChI=1S/C20H29Cl2NO3/c1-15-17(13-16(21)14-18(15)22)20(26)23-12-10-8-6-4-2-3-5-7-9-11-19(24)25/h13-14H,2-12H2,1H3,(H,23,26)(H,24,25). The van der Waals surface area contributed by atoms with Crippen LogP contribution in [-0.2, 0) is 4.79 Å². The summed E-state index contributed by atoms with van der Waals surface area (Å²) < 4.78 is 0. The lowest BCUT2D eigenvalue weighted by atomic mass is 10.1. The number of carbonyl (C=O) groups excluding carboxylic acids is 1. The smallest absolute Gasteiger partial charge is 0.303 e. The average molecular weight is 402 g/mol. The number of carbonyl (C=O) groups is 2. The van der Waals surface area contributed by atoms with Crippen LogP contribution in [0.3, 0.4) is 0 Å². The summed E-state index contributed by atoms with van der Waals surface area (Å²) in [6.45, 7) is 2.47. The zero-order valence-corrected chi connectivity index (χ0v) is 17.0. The van der Waals surface area contributed by atoms with Crippen LogP contribution in [-0.4, -0.2) is 23.5 Å². The molecule has 0 saturated carbocycles. The van der Waals surface area contributed by atoms with E-state index in [9.17, 15) is 9.59 Å². The van der Waals surface area contributed by atoms with Crippen LogP contribution in [0.15, 0.2) is 12.1 Å². The van der Waals surface area contributed by atoms with Crippen molar-refractivity contribution in [3.63, 3.8) is 0 Å². The van der Waals surface area contributed by atoms with Gasteiger partial charge in [-0.3, -0.25) is 9.59 Å². The van der Waals surface area contributed by atoms with Gasteiger partial charge in [0.15, 0.2) is 0 Å². The number of carboxylic acid groups (broad SMARTS) is 1. The Morgan fingerprint density at radius 1 is 0.923 bits per heavy atom. The molecule has 0 saturated heterocycles. The Balaban J connectivity index is 2.04. The van der Waals surface area contributed by atoms with E-state index in [1.54, 1.807) is 12.1 Å². The second-order valence-corrected chi connectivity index (χ2v) is 7.49. The SMILES string of the molecule is Cc1c(Cl)cc(Cl)cc1C(=O)NCCCCCCCCCCCC(=O)O. The Kier molecular flexibility index (Phi) is 11.4. The van der Waals surface area contributed by atoms with Crippen molar-refractivity contribution in [1.82, 2.24) is 5.32 Å². The summed E-state index contributed by atoms with van der Waals surface area (Å²) in [5.74, 6) is -0.834. The summed E-state index contributed by atoms with van der Waals surface area (Å²) in [6, 6.07) is 3.29. The first-order valence-electron chi connectivity index (χ1n) is 9.37. The summed E-state index contributed by atoms with van der Waals surface area (Å²) in [4.78, 5) is 22.6. The maximum atomic E-state index is 12.2. The maximum absolute atomic E-state index is 12.2. The lowest BCUT2D eigenvalue weighted by molar-refractivity contribution is -0.137. The molecular weight excluding hydrogens is 373 g/mol. The third kappa shape index (κ3) is 9.44. The van der Waals surface area contributed by atoms with Gasteiger partial charge < -0.3 is 10.4 Å². The first kappa shape index (κ1) is 22.8. The molecule has 0 atom stereocenters. The first-order valence-corrected chi connectivity index (χ1v) is 10.1. The summed E-state index contributed by atoms with van der Waals surface area (Å²) in [5, 5.41) is 12.5. The fourth-order valence-corrected chi connectivity index (χ4v) is 3.31. The van der Waals surface area contributed by atoms with Crippen molar-refractivity contribution < 1.29 is 14.7 Å². The van der Waals surface area contributed by atoms with Crippen LogP contribution < -0.4 is 5.32 Å². The second-order valence-electron chi connectivity index (χ2n) is 6.64. The predicted molar refractivity (Wildman–Crippen MR) is 107 cm³/mol. The van der Waals surface area contributed by atoms with E-state index in [0.29, 0.717) is 22.2 Å². The number of amides is 1. The van der Waals surface area contributed by atoms with Crippen molar-refractivity contribution in [2.45, 2.75) is 71.1 Å². The number of nitrogens with one attached hydrogen (secondary N) is 1. The highest BCUT2D eigenvalue weighted by Crippen LogP contribution is 2.24. The van der Waals surface area contributed by atoms with E-state index in [-0.39, 0.29) is 12.3 Å². The molecule has 0 radical (unpaired) electrons. The van der Waals surface area contributed by atoms with Crippen molar-refractivity contribution in [2.75, 3.05) is 6.54 Å². The second kappa shape index (κ2) is 13.0. The summed E-state index contributed by atoms with van der Waals surface area (Å²) in [5.41, 5.74) is 1.28. The van der Waals surface area contributed by atoms with Gasteiger partial charge in [-0.2, -0.15) is 0 Å². The Hall–Kier alpha value is -1.26. The number of rotatable bonds is 13. The lowest BCUT2D eigenvalue weighted by Gasteiger charge is -2.09. The van der Waals surface area contributed by atoms with Crippen molar-refractivity contribution in [1.29, 1.82) is 0 Å². The van der Waals surface area contributed by atoms with Gasteiger partial charge in [0, 0.05) is 28.6 Å². The molecule has 1 aromatic carbocycles. The van der Waals surface area contributed by atoms with Crippen molar-refractivity contribution >= 4 is 35.1 Å². The normalized spacial score (nSPS) is 10.7. The fraction of sp³-hybridized carbons (Fsp3) is 0.600. The summed E-state index contributed by atoms with van der Waals surface area (Å²) >= 11 is 12.0. The van der Waals surface area contributed by atoms with Crippen LogP contribution in [0.5, 0.6) is 0 Å². The molecule has 0 bridgehead atoms. The number of benzene rings is 1. The molecule has 26 heavy (non-hydrogen) atoms. The molecule has 0 aliphatic heterocycles. The Morgan fingerprint density at radius 3 is 2.04 bits per heavy atom. The molecule has 0 spiro atoms. The number of hydrogen-bond acceptors (Lipinski definition) is 2. The van der Waals surface area contributed by atoms with Gasteiger partial charge in [0.1, 0.15) is 0 Å². The van der Waals surface area contributed by atoms with E-state index in [1.165, 1.54) is 19.3 Å². The lowest BCUT2D eigenvalue weighted by Crippen LogP contribution is -2.25. The number of halogens is 2. The molecule has 2 N–H and O–H groups in total. The minimum atomic E-state index is -0.703. The minimum absolute atomic E-state index is 0.131. The average Bonchev–Trinajstić information content (AvgIpc) is 2.58. The summed E-state index contributed by atoms with van der Waals surface area (Å²) in [6.07, 6.45) is 9.95. The van der Waals surface area contributed by atoms with Gasteiger partial charge in [-0.1, -0.05) is 68.1 Å². The zero-order valence-electron chi connectivity index (χ0n) is 15.5. The Labute approximate surface area is 166 Å². The molecule has 1 rings (SSSR count). The molecule has 0 aromatic heterocycles. The highest BCUT2D eigenvalue weighted by atomic mass is 35.5. The largest absolute Gasteiger partial charge is 0.481 e. The maximum Gasteiger partial charge on any atom is 0.303 e. The summed E-state index contributed by atoms with van der Waals surface area (Å²) in [7, 11) is 0. The van der Waals surface area contributed by atoms with Gasteiger partial charge in [-0.05, 0) is 37.5 Å².